The van der Waals surface area contributed by atoms with Crippen LogP contribution in [0.5, 0.6) is 11.5 Å². The molecule has 1 N–H and O–H groups in total. The first-order valence-corrected chi connectivity index (χ1v) is 10.1. The lowest BCUT2D eigenvalue weighted by Crippen LogP contribution is -2.32. The number of carbonyl (C=O) groups is 2. The molecule has 2 aromatic carbocycles. The Morgan fingerprint density at radius 1 is 1.10 bits per heavy atom. The number of aliphatic hydroxyl groups is 1. The fourth-order valence-electron chi connectivity index (χ4n) is 3.52. The summed E-state index contributed by atoms with van der Waals surface area (Å²) in [5.41, 5.74) is 0.826. The molecule has 0 aromatic heterocycles. The Morgan fingerprint density at radius 3 is 2.39 bits per heavy atom. The van der Waals surface area contributed by atoms with Gasteiger partial charge in [0.2, 0.25) is 0 Å². The molecule has 1 aliphatic rings. The van der Waals surface area contributed by atoms with Gasteiger partial charge in [0.15, 0.2) is 0 Å². The predicted molar refractivity (Wildman–Crippen MR) is 117 cm³/mol. The highest BCUT2D eigenvalue weighted by atomic mass is 35.5. The van der Waals surface area contributed by atoms with Crippen molar-refractivity contribution in [2.45, 2.75) is 13.0 Å². The van der Waals surface area contributed by atoms with Crippen LogP contribution in [0.1, 0.15) is 24.1 Å². The molecule has 8 heteroatoms. The zero-order valence-corrected chi connectivity index (χ0v) is 18.3. The van der Waals surface area contributed by atoms with Gasteiger partial charge in [-0.05, 0) is 42.8 Å². The van der Waals surface area contributed by atoms with E-state index < -0.39 is 17.7 Å². The van der Waals surface area contributed by atoms with E-state index in [-0.39, 0.29) is 35.1 Å². The van der Waals surface area contributed by atoms with Crippen molar-refractivity contribution in [2.75, 3.05) is 34.0 Å². The number of amides is 1. The smallest absolute Gasteiger partial charge is 0.295 e. The van der Waals surface area contributed by atoms with Crippen LogP contribution in [0.2, 0.25) is 5.02 Å². The normalized spacial score (nSPS) is 17.8. The van der Waals surface area contributed by atoms with E-state index in [1.807, 2.05) is 6.92 Å². The highest BCUT2D eigenvalue weighted by Crippen LogP contribution is 2.41. The van der Waals surface area contributed by atoms with Crippen molar-refractivity contribution < 1.29 is 28.9 Å². The second-order valence-electron chi connectivity index (χ2n) is 6.83. The first-order valence-electron chi connectivity index (χ1n) is 9.76. The van der Waals surface area contributed by atoms with Gasteiger partial charge in [-0.3, -0.25) is 9.59 Å². The van der Waals surface area contributed by atoms with Crippen molar-refractivity contribution in [1.29, 1.82) is 0 Å². The summed E-state index contributed by atoms with van der Waals surface area (Å²) in [5, 5.41) is 11.4. The lowest BCUT2D eigenvalue weighted by Gasteiger charge is -2.25. The minimum atomic E-state index is -0.798. The molecule has 7 nitrogen and oxygen atoms in total. The maximum Gasteiger partial charge on any atom is 0.295 e. The molecule has 1 atom stereocenters. The second-order valence-corrected chi connectivity index (χ2v) is 7.24. The molecule has 1 unspecified atom stereocenters. The minimum Gasteiger partial charge on any atom is -0.507 e. The number of rotatable bonds is 8. The van der Waals surface area contributed by atoms with E-state index in [0.717, 1.165) is 0 Å². The topological polar surface area (TPSA) is 85.3 Å². The molecule has 0 bridgehead atoms. The molecule has 2 aromatic rings. The van der Waals surface area contributed by atoms with Crippen molar-refractivity contribution in [1.82, 2.24) is 4.90 Å². The van der Waals surface area contributed by atoms with Gasteiger partial charge in [-0.15, -0.1) is 0 Å². The van der Waals surface area contributed by atoms with Crippen LogP contribution < -0.4 is 9.47 Å². The third-order valence-electron chi connectivity index (χ3n) is 5.01. The molecular formula is C23H24ClNO6. The first-order chi connectivity index (χ1) is 14.9. The van der Waals surface area contributed by atoms with E-state index >= 15 is 0 Å². The van der Waals surface area contributed by atoms with E-state index in [1.54, 1.807) is 49.6 Å². The SMILES string of the molecule is CCOc1ccc(Cl)c(/C(O)=C2\C(=O)C(=O)N(CCOC)C2c2ccc(OC)cc2)c1. The number of aliphatic hydroxyl groups excluding tert-OH is 1. The Bertz CT molecular complexity index is 1000. The summed E-state index contributed by atoms with van der Waals surface area (Å²) in [5.74, 6) is -0.734. The van der Waals surface area contributed by atoms with Gasteiger partial charge in [0.05, 0.1) is 37.0 Å². The van der Waals surface area contributed by atoms with Crippen molar-refractivity contribution in [3.8, 4) is 11.5 Å². The average Bonchev–Trinajstić information content (AvgIpc) is 3.03. The summed E-state index contributed by atoms with van der Waals surface area (Å²) in [6.07, 6.45) is 0. The van der Waals surface area contributed by atoms with Gasteiger partial charge in [0.25, 0.3) is 11.7 Å². The van der Waals surface area contributed by atoms with E-state index in [9.17, 15) is 14.7 Å². The lowest BCUT2D eigenvalue weighted by molar-refractivity contribution is -0.140. The molecule has 164 valence electrons. The van der Waals surface area contributed by atoms with Crippen molar-refractivity contribution in [2.24, 2.45) is 0 Å². The third kappa shape index (κ3) is 4.52. The van der Waals surface area contributed by atoms with Gasteiger partial charge in [-0.25, -0.2) is 0 Å². The number of nitrogens with zero attached hydrogens (tertiary/aromatic N) is 1. The summed E-state index contributed by atoms with van der Waals surface area (Å²) in [6.45, 7) is 2.68. The Labute approximate surface area is 185 Å². The zero-order valence-electron chi connectivity index (χ0n) is 17.6. The van der Waals surface area contributed by atoms with Crippen molar-refractivity contribution in [3.05, 3.63) is 64.2 Å². The summed E-state index contributed by atoms with van der Waals surface area (Å²) >= 11 is 6.31. The number of ketones is 1. The number of methoxy groups -OCH3 is 2. The van der Waals surface area contributed by atoms with E-state index in [4.69, 9.17) is 25.8 Å². The van der Waals surface area contributed by atoms with Crippen LogP contribution in [0.15, 0.2) is 48.0 Å². The van der Waals surface area contributed by atoms with E-state index in [0.29, 0.717) is 23.7 Å². The Balaban J connectivity index is 2.17. The fourth-order valence-corrected chi connectivity index (χ4v) is 3.73. The van der Waals surface area contributed by atoms with Crippen molar-refractivity contribution in [3.63, 3.8) is 0 Å². The summed E-state index contributed by atoms with van der Waals surface area (Å²) in [7, 11) is 3.06. The molecule has 0 radical (unpaired) electrons. The van der Waals surface area contributed by atoms with E-state index in [1.165, 1.54) is 12.0 Å². The number of halogens is 1. The first kappa shape index (κ1) is 22.7. The largest absolute Gasteiger partial charge is 0.507 e. The minimum absolute atomic E-state index is 0.0400. The molecule has 1 heterocycles. The number of Topliss-reactive ketones (excluding diaryl/α,β-unsaturated/α-hetero) is 1. The lowest BCUT2D eigenvalue weighted by atomic mass is 9.95. The van der Waals surface area contributed by atoms with E-state index in [2.05, 4.69) is 0 Å². The summed E-state index contributed by atoms with van der Waals surface area (Å²) in [6, 6.07) is 11.0. The standard InChI is InChI=1S/C23H24ClNO6/c1-4-31-16-9-10-18(24)17(13-16)21(26)19-20(14-5-7-15(30-3)8-6-14)25(11-12-29-2)23(28)22(19)27/h5-10,13,20,26H,4,11-12H2,1-3H3/b21-19+. The average molecular weight is 446 g/mol. The molecule has 3 rings (SSSR count). The number of benzene rings is 2. The van der Waals surface area contributed by atoms with Gasteiger partial charge in [0, 0.05) is 19.2 Å². The van der Waals surface area contributed by atoms with Crippen LogP contribution in [0, 0.1) is 0 Å². The van der Waals surface area contributed by atoms with Crippen LogP contribution in [0.25, 0.3) is 5.76 Å². The Kier molecular flexibility index (Phi) is 7.20. The second kappa shape index (κ2) is 9.85. The maximum absolute atomic E-state index is 13.0. The van der Waals surface area contributed by atoms with Gasteiger partial charge in [-0.1, -0.05) is 23.7 Å². The number of carbonyl (C=O) groups excluding carboxylic acids is 2. The third-order valence-corrected chi connectivity index (χ3v) is 5.34. The summed E-state index contributed by atoms with van der Waals surface area (Å²) < 4.78 is 15.8. The van der Waals surface area contributed by atoms with Crippen LogP contribution >= 0.6 is 11.6 Å². The number of hydrogen-bond donors (Lipinski definition) is 1. The molecule has 1 fully saturated rings. The van der Waals surface area contributed by atoms with Crippen LogP contribution in [-0.4, -0.2) is 55.7 Å². The van der Waals surface area contributed by atoms with Crippen LogP contribution in [0.4, 0.5) is 0 Å². The maximum atomic E-state index is 13.0. The highest BCUT2D eigenvalue weighted by molar-refractivity contribution is 6.47. The molecule has 31 heavy (non-hydrogen) atoms. The number of likely N-dealkylation sites (tertiary alicyclic amines) is 1. The molecular weight excluding hydrogens is 422 g/mol. The zero-order chi connectivity index (χ0) is 22.5. The Morgan fingerprint density at radius 2 is 1.77 bits per heavy atom. The molecule has 1 aliphatic heterocycles. The number of hydrogen-bond acceptors (Lipinski definition) is 6. The molecule has 1 amide bonds. The van der Waals surface area contributed by atoms with Gasteiger partial charge in [-0.2, -0.15) is 0 Å². The molecule has 0 saturated carbocycles. The van der Waals surface area contributed by atoms with Crippen molar-refractivity contribution >= 4 is 29.1 Å². The predicted octanol–water partition coefficient (Wildman–Crippen LogP) is 3.82. The Hall–Kier alpha value is -3.03. The van der Waals surface area contributed by atoms with Gasteiger partial charge < -0.3 is 24.2 Å². The number of ether oxygens (including phenoxy) is 3. The quantitative estimate of drug-likeness (QED) is 0.378. The molecule has 0 aliphatic carbocycles. The van der Waals surface area contributed by atoms with Gasteiger partial charge in [0.1, 0.15) is 17.3 Å². The summed E-state index contributed by atoms with van der Waals surface area (Å²) in [4.78, 5) is 27.2. The van der Waals surface area contributed by atoms with Gasteiger partial charge >= 0.3 is 0 Å². The van der Waals surface area contributed by atoms with Crippen LogP contribution in [0.3, 0.4) is 0 Å². The molecule has 1 saturated heterocycles. The molecule has 0 spiro atoms. The fraction of sp³-hybridized carbons (Fsp3) is 0.304. The monoisotopic (exact) mass is 445 g/mol. The highest BCUT2D eigenvalue weighted by Gasteiger charge is 2.46. The van der Waals surface area contributed by atoms with Crippen LogP contribution in [-0.2, 0) is 14.3 Å².